The van der Waals surface area contributed by atoms with Gasteiger partial charge in [-0.1, -0.05) is 0 Å². The Morgan fingerprint density at radius 1 is 1.88 bits per heavy atom. The second kappa shape index (κ2) is 3.02. The lowest BCUT2D eigenvalue weighted by Crippen LogP contribution is -2.30. The molecule has 0 aliphatic rings. The van der Waals surface area contributed by atoms with Gasteiger partial charge in [0.2, 0.25) is 0 Å². The van der Waals surface area contributed by atoms with E-state index in [9.17, 15) is 0 Å². The number of nitrogens with one attached hydrogen (secondary N) is 1. The predicted octanol–water partition coefficient (Wildman–Crippen LogP) is -0.389. The maximum Gasteiger partial charge on any atom is 0.0604 e. The normalized spacial score (nSPS) is 17.5. The van der Waals surface area contributed by atoms with Gasteiger partial charge in [-0.15, -0.1) is 0 Å². The van der Waals surface area contributed by atoms with Gasteiger partial charge in [0.1, 0.15) is 0 Å². The maximum absolute atomic E-state index is 9.15. The van der Waals surface area contributed by atoms with Crippen molar-refractivity contribution >= 4 is 0 Å². The van der Waals surface area contributed by atoms with Gasteiger partial charge in [0.05, 0.1) is 5.60 Å². The highest BCUT2D eigenvalue weighted by Crippen LogP contribution is 2.03. The van der Waals surface area contributed by atoms with Gasteiger partial charge in [0.25, 0.3) is 0 Å². The van der Waals surface area contributed by atoms with Gasteiger partial charge in [-0.25, -0.2) is 0 Å². The Balaban J connectivity index is 3.89. The van der Waals surface area contributed by atoms with Crippen LogP contribution in [0.1, 0.15) is 23.0 Å². The summed E-state index contributed by atoms with van der Waals surface area (Å²) in [5, 5.41) is 9.15. The quantitative estimate of drug-likeness (QED) is 0.351. The number of hydrogen-bond acceptors (Lipinski definition) is 3. The van der Waals surface area contributed by atoms with Crippen molar-refractivity contribution in [3.63, 3.8) is 0 Å². The van der Waals surface area contributed by atoms with Crippen molar-refractivity contribution in [2.24, 2.45) is 5.84 Å². The molecule has 50 valence electrons. The fourth-order valence-corrected chi connectivity index (χ4v) is 0.267. The maximum atomic E-state index is 9.15. The highest BCUT2D eigenvalue weighted by Gasteiger charge is 2.09. The summed E-state index contributed by atoms with van der Waals surface area (Å²) < 4.78 is 14.2. The molecule has 4 N–H and O–H groups in total. The van der Waals surface area contributed by atoms with Crippen LogP contribution in [0, 0.1) is 0 Å². The number of aliphatic hydroxyl groups is 1. The average molecular weight is 120 g/mol. The summed E-state index contributed by atoms with van der Waals surface area (Å²) in [4.78, 5) is 0. The fourth-order valence-electron chi connectivity index (χ4n) is 0.267. The molecule has 0 saturated heterocycles. The third kappa shape index (κ3) is 5.88. The lowest BCUT2D eigenvalue weighted by molar-refractivity contribution is 0.0713. The molecule has 0 aromatic heterocycles. The minimum absolute atomic E-state index is 0.0312. The third-order valence-corrected chi connectivity index (χ3v) is 0.623. The van der Waals surface area contributed by atoms with Crippen LogP contribution in [0.3, 0.4) is 0 Å². The minimum atomic E-state index is -1.70. The summed E-state index contributed by atoms with van der Waals surface area (Å²) in [6.45, 7) is 1.36. The SMILES string of the molecule is [2H]C([2H])(CC(C)(C)O)NN. The Bertz CT molecular complexity index is 111. The van der Waals surface area contributed by atoms with Gasteiger partial charge in [-0.2, -0.15) is 0 Å². The Labute approximate surface area is 52.7 Å². The van der Waals surface area contributed by atoms with Gasteiger partial charge >= 0.3 is 0 Å². The van der Waals surface area contributed by atoms with Crippen molar-refractivity contribution in [3.8, 4) is 0 Å². The average Bonchev–Trinajstić information content (AvgIpc) is 1.60. The highest BCUT2D eigenvalue weighted by molar-refractivity contribution is 4.64. The molecule has 0 atom stereocenters. The van der Waals surface area contributed by atoms with Gasteiger partial charge in [-0.05, 0) is 20.3 Å². The van der Waals surface area contributed by atoms with Crippen LogP contribution in [0.15, 0.2) is 0 Å². The van der Waals surface area contributed by atoms with E-state index in [1.165, 1.54) is 13.8 Å². The van der Waals surface area contributed by atoms with Gasteiger partial charge < -0.3 is 5.11 Å². The van der Waals surface area contributed by atoms with Gasteiger partial charge in [0, 0.05) is 9.24 Å². The van der Waals surface area contributed by atoms with Crippen LogP contribution in [-0.2, 0) is 0 Å². The lowest BCUT2D eigenvalue weighted by atomic mass is 10.1. The molecule has 0 spiro atoms. The van der Waals surface area contributed by atoms with Crippen molar-refractivity contribution in [1.29, 1.82) is 0 Å². The molecule has 0 heterocycles. The van der Waals surface area contributed by atoms with Crippen LogP contribution in [0.2, 0.25) is 0 Å². The summed E-state index contributed by atoms with van der Waals surface area (Å²) >= 11 is 0. The molecular formula is C5H14N2O. The second-order valence-electron chi connectivity index (χ2n) is 2.31. The molecule has 0 fully saturated rings. The standard InChI is InChI=1S/C5H14N2O/c1-5(2,8)3-4-7-6/h7-8H,3-4,6H2,1-2H3/i4D2. The van der Waals surface area contributed by atoms with Crippen LogP contribution < -0.4 is 11.3 Å². The molecule has 0 aliphatic carbocycles. The molecule has 3 nitrogen and oxygen atoms in total. The minimum Gasteiger partial charge on any atom is -0.390 e. The number of rotatable bonds is 3. The van der Waals surface area contributed by atoms with Crippen LogP contribution in [0.25, 0.3) is 0 Å². The van der Waals surface area contributed by atoms with Crippen LogP contribution >= 0.6 is 0 Å². The molecule has 0 aromatic rings. The molecule has 0 aromatic carbocycles. The van der Waals surface area contributed by atoms with Crippen molar-refractivity contribution in [3.05, 3.63) is 0 Å². The first-order valence-corrected chi connectivity index (χ1v) is 2.47. The zero-order valence-electron chi connectivity index (χ0n) is 7.23. The van der Waals surface area contributed by atoms with Crippen LogP contribution in [0.5, 0.6) is 0 Å². The zero-order valence-corrected chi connectivity index (χ0v) is 5.23. The van der Waals surface area contributed by atoms with E-state index < -0.39 is 12.1 Å². The van der Waals surface area contributed by atoms with E-state index in [1.807, 2.05) is 5.43 Å². The first kappa shape index (κ1) is 4.73. The topological polar surface area (TPSA) is 58.3 Å². The molecule has 0 radical (unpaired) electrons. The Morgan fingerprint density at radius 2 is 2.38 bits per heavy atom. The highest BCUT2D eigenvalue weighted by atomic mass is 16.3. The number of hydrogen-bond donors (Lipinski definition) is 3. The zero-order chi connectivity index (χ0) is 8.41. The van der Waals surface area contributed by atoms with E-state index in [2.05, 4.69) is 0 Å². The smallest absolute Gasteiger partial charge is 0.0604 e. The molecule has 0 saturated carbocycles. The Kier molecular flexibility index (Phi) is 1.78. The van der Waals surface area contributed by atoms with E-state index in [-0.39, 0.29) is 6.42 Å². The van der Waals surface area contributed by atoms with Crippen LogP contribution in [-0.4, -0.2) is 17.2 Å². The molecule has 0 unspecified atom stereocenters. The third-order valence-electron chi connectivity index (χ3n) is 0.623. The summed E-state index contributed by atoms with van der Waals surface area (Å²) in [7, 11) is 0. The van der Waals surface area contributed by atoms with Crippen molar-refractivity contribution in [2.45, 2.75) is 25.9 Å². The summed E-state index contributed by atoms with van der Waals surface area (Å²) in [6, 6.07) is 0. The number of hydrazine groups is 1. The largest absolute Gasteiger partial charge is 0.390 e. The van der Waals surface area contributed by atoms with E-state index in [0.717, 1.165) is 0 Å². The molecule has 0 amide bonds. The van der Waals surface area contributed by atoms with Gasteiger partial charge in [-0.3, -0.25) is 11.3 Å². The second-order valence-corrected chi connectivity index (χ2v) is 2.31. The molecule has 3 heteroatoms. The molecule has 0 bridgehead atoms. The van der Waals surface area contributed by atoms with Crippen LogP contribution in [0.4, 0.5) is 0 Å². The van der Waals surface area contributed by atoms with E-state index in [4.69, 9.17) is 13.7 Å². The van der Waals surface area contributed by atoms with Gasteiger partial charge in [0.15, 0.2) is 0 Å². The fraction of sp³-hybridized carbons (Fsp3) is 1.00. The van der Waals surface area contributed by atoms with E-state index in [1.54, 1.807) is 0 Å². The van der Waals surface area contributed by atoms with E-state index in [0.29, 0.717) is 0 Å². The monoisotopic (exact) mass is 120 g/mol. The Hall–Kier alpha value is -0.120. The Morgan fingerprint density at radius 3 is 2.50 bits per heavy atom. The van der Waals surface area contributed by atoms with E-state index >= 15 is 0 Å². The summed E-state index contributed by atoms with van der Waals surface area (Å²) in [5.41, 5.74) is 0.939. The first-order valence-electron chi connectivity index (χ1n) is 3.47. The van der Waals surface area contributed by atoms with Crippen molar-refractivity contribution in [1.82, 2.24) is 5.43 Å². The van der Waals surface area contributed by atoms with Crippen molar-refractivity contribution < 1.29 is 7.85 Å². The molecule has 8 heavy (non-hydrogen) atoms. The molecule has 0 rings (SSSR count). The first-order chi connectivity index (χ1) is 4.27. The predicted molar refractivity (Wildman–Crippen MR) is 33.1 cm³/mol. The molecular weight excluding hydrogens is 104 g/mol. The summed E-state index contributed by atoms with van der Waals surface area (Å²) in [6.07, 6.45) is -0.0312. The van der Waals surface area contributed by atoms with Crippen molar-refractivity contribution in [2.75, 3.05) is 6.50 Å². The lowest BCUT2D eigenvalue weighted by Gasteiger charge is -2.15. The summed E-state index contributed by atoms with van der Waals surface area (Å²) in [5.74, 6) is 4.88. The number of nitrogens with two attached hydrogens (primary N) is 1. The molecule has 0 aliphatic heterocycles.